The number of nitrogens with zero attached hydrogens (tertiary/aromatic N) is 2. The average molecular weight is 409 g/mol. The smallest absolute Gasteiger partial charge is 0.265 e. The maximum Gasteiger partial charge on any atom is 0.265 e. The largest absolute Gasteiger partial charge is 0.476 e. The normalized spacial score (nSPS) is 16.1. The number of fused-ring (bicyclic) bond motifs is 1. The Hall–Kier alpha value is -3.35. The molecule has 30 heavy (non-hydrogen) atoms. The molecule has 158 valence electrons. The van der Waals surface area contributed by atoms with Gasteiger partial charge in [-0.25, -0.2) is 0 Å². The monoisotopic (exact) mass is 409 g/mol. The van der Waals surface area contributed by atoms with Crippen molar-refractivity contribution in [3.05, 3.63) is 59.7 Å². The van der Waals surface area contributed by atoms with Crippen LogP contribution in [0, 0.1) is 6.92 Å². The molecule has 0 aliphatic carbocycles. The Bertz CT molecular complexity index is 940. The van der Waals surface area contributed by atoms with Gasteiger partial charge >= 0.3 is 0 Å². The highest BCUT2D eigenvalue weighted by molar-refractivity contribution is 5.97. The number of carbonyl (C=O) groups excluding carboxylic acids is 3. The van der Waals surface area contributed by atoms with Gasteiger partial charge in [0, 0.05) is 21.0 Å². The zero-order chi connectivity index (χ0) is 21.8. The van der Waals surface area contributed by atoms with E-state index in [9.17, 15) is 14.4 Å². The van der Waals surface area contributed by atoms with Crippen LogP contribution in [0.2, 0.25) is 0 Å². The fourth-order valence-electron chi connectivity index (χ4n) is 3.47. The molecule has 7 nitrogen and oxygen atoms in total. The van der Waals surface area contributed by atoms with Crippen molar-refractivity contribution in [1.29, 1.82) is 0 Å². The number of benzene rings is 2. The van der Waals surface area contributed by atoms with Crippen LogP contribution in [0.25, 0.3) is 0 Å². The summed E-state index contributed by atoms with van der Waals surface area (Å²) in [5.74, 6) is -0.124. The van der Waals surface area contributed by atoms with Crippen LogP contribution in [0.5, 0.6) is 5.75 Å². The summed E-state index contributed by atoms with van der Waals surface area (Å²) >= 11 is 0. The van der Waals surface area contributed by atoms with E-state index in [1.54, 1.807) is 37.2 Å². The number of amides is 3. The first kappa shape index (κ1) is 21.4. The van der Waals surface area contributed by atoms with Gasteiger partial charge in [-0.3, -0.25) is 14.4 Å². The second kappa shape index (κ2) is 8.98. The van der Waals surface area contributed by atoms with E-state index in [1.807, 2.05) is 37.3 Å². The minimum absolute atomic E-state index is 0.0693. The highest BCUT2D eigenvalue weighted by atomic mass is 16.5. The summed E-state index contributed by atoms with van der Waals surface area (Å²) in [6.45, 7) is 3.53. The van der Waals surface area contributed by atoms with Gasteiger partial charge in [-0.2, -0.15) is 0 Å². The van der Waals surface area contributed by atoms with Crippen LogP contribution < -0.4 is 15.0 Å². The van der Waals surface area contributed by atoms with Crippen molar-refractivity contribution in [1.82, 2.24) is 10.2 Å². The van der Waals surface area contributed by atoms with Crippen molar-refractivity contribution in [2.75, 3.05) is 25.5 Å². The molecule has 0 spiro atoms. The molecule has 0 saturated heterocycles. The van der Waals surface area contributed by atoms with Crippen LogP contribution in [0.3, 0.4) is 0 Å². The quantitative estimate of drug-likeness (QED) is 0.823. The van der Waals surface area contributed by atoms with E-state index >= 15 is 0 Å². The Morgan fingerprint density at radius 3 is 2.43 bits per heavy atom. The lowest BCUT2D eigenvalue weighted by Gasteiger charge is -2.35. The third kappa shape index (κ3) is 4.79. The van der Waals surface area contributed by atoms with E-state index < -0.39 is 12.1 Å². The van der Waals surface area contributed by atoms with Crippen LogP contribution in [0.1, 0.15) is 30.5 Å². The lowest BCUT2D eigenvalue weighted by Crippen LogP contribution is -2.51. The minimum atomic E-state index is -0.780. The molecular weight excluding hydrogens is 382 g/mol. The first-order chi connectivity index (χ1) is 14.3. The lowest BCUT2D eigenvalue weighted by atomic mass is 10.0. The second-order valence-corrected chi connectivity index (χ2v) is 7.68. The molecule has 0 radical (unpaired) electrons. The van der Waals surface area contributed by atoms with E-state index in [1.165, 1.54) is 11.8 Å². The van der Waals surface area contributed by atoms with E-state index in [0.717, 1.165) is 11.1 Å². The molecule has 2 aromatic carbocycles. The van der Waals surface area contributed by atoms with Crippen molar-refractivity contribution in [2.24, 2.45) is 0 Å². The van der Waals surface area contributed by atoms with Crippen molar-refractivity contribution >= 4 is 23.4 Å². The Kier molecular flexibility index (Phi) is 6.40. The van der Waals surface area contributed by atoms with Crippen molar-refractivity contribution in [2.45, 2.75) is 32.4 Å². The van der Waals surface area contributed by atoms with E-state index in [4.69, 9.17) is 4.74 Å². The van der Waals surface area contributed by atoms with Gasteiger partial charge in [0.25, 0.3) is 5.91 Å². The van der Waals surface area contributed by atoms with Crippen LogP contribution in [0.4, 0.5) is 5.69 Å². The molecule has 7 heteroatoms. The molecule has 0 fully saturated rings. The van der Waals surface area contributed by atoms with Crippen molar-refractivity contribution in [3.63, 3.8) is 0 Å². The molecular formula is C23H27N3O4. The topological polar surface area (TPSA) is 79.0 Å². The summed E-state index contributed by atoms with van der Waals surface area (Å²) < 4.78 is 5.85. The van der Waals surface area contributed by atoms with E-state index in [2.05, 4.69) is 5.32 Å². The van der Waals surface area contributed by atoms with E-state index in [0.29, 0.717) is 11.4 Å². The zero-order valence-electron chi connectivity index (χ0n) is 17.7. The van der Waals surface area contributed by atoms with Gasteiger partial charge in [-0.05, 0) is 24.6 Å². The van der Waals surface area contributed by atoms with Gasteiger partial charge in [0.05, 0.1) is 24.7 Å². The summed E-state index contributed by atoms with van der Waals surface area (Å²) in [5, 5.41) is 2.87. The number of likely N-dealkylation sites (N-methyl/N-ethyl adjacent to an activating group) is 1. The van der Waals surface area contributed by atoms with Crippen LogP contribution in [0.15, 0.2) is 48.5 Å². The molecule has 1 heterocycles. The maximum absolute atomic E-state index is 13.3. The number of nitrogens with one attached hydrogen (secondary N) is 1. The Morgan fingerprint density at radius 1 is 1.13 bits per heavy atom. The predicted octanol–water partition coefficient (Wildman–Crippen LogP) is 2.44. The summed E-state index contributed by atoms with van der Waals surface area (Å²) in [4.78, 5) is 40.6. The molecule has 0 saturated carbocycles. The first-order valence-electron chi connectivity index (χ1n) is 9.87. The fraction of sp³-hybridized carbons (Fsp3) is 0.348. The average Bonchev–Trinajstić information content (AvgIpc) is 2.72. The summed E-state index contributed by atoms with van der Waals surface area (Å²) in [6, 6.07) is 14.4. The first-order valence-corrected chi connectivity index (χ1v) is 9.87. The highest BCUT2D eigenvalue weighted by Crippen LogP contribution is 2.34. The number of hydrogen-bond donors (Lipinski definition) is 1. The molecule has 2 aromatic rings. The molecule has 0 aromatic heterocycles. The SMILES string of the molecule is CC(=O)N[C@H](CC(=O)N1C[C@@H](C(=O)N(C)C)Oc2ccccc21)c1ccc(C)cc1. The molecule has 1 aliphatic rings. The molecule has 3 amide bonds. The zero-order valence-corrected chi connectivity index (χ0v) is 17.7. The summed E-state index contributed by atoms with van der Waals surface area (Å²) in [7, 11) is 3.31. The van der Waals surface area contributed by atoms with Crippen molar-refractivity contribution in [3.8, 4) is 5.75 Å². The molecule has 1 N–H and O–H groups in total. The summed E-state index contributed by atoms with van der Waals surface area (Å²) in [5.41, 5.74) is 2.57. The maximum atomic E-state index is 13.3. The van der Waals surface area contributed by atoms with Gasteiger partial charge in [-0.1, -0.05) is 42.0 Å². The summed E-state index contributed by atoms with van der Waals surface area (Å²) in [6.07, 6.45) is -0.711. The van der Waals surface area contributed by atoms with Gasteiger partial charge in [0.2, 0.25) is 11.8 Å². The van der Waals surface area contributed by atoms with Crippen LogP contribution in [-0.4, -0.2) is 49.4 Å². The molecule has 3 rings (SSSR count). The number of ether oxygens (including phenoxy) is 1. The number of aryl methyl sites for hydroxylation is 1. The Labute approximate surface area is 176 Å². The standard InChI is InChI=1S/C23H27N3O4/c1-15-9-11-17(12-10-15)18(24-16(2)27)13-22(28)26-14-21(23(29)25(3)4)30-20-8-6-5-7-19(20)26/h5-12,18,21H,13-14H2,1-4H3,(H,24,27)/t18-,21+/m1/s1. The van der Waals surface area contributed by atoms with Gasteiger partial charge in [0.1, 0.15) is 5.75 Å². The number of carbonyl (C=O) groups is 3. The Morgan fingerprint density at radius 2 is 1.80 bits per heavy atom. The molecule has 0 bridgehead atoms. The molecule has 2 atom stereocenters. The van der Waals surface area contributed by atoms with Gasteiger partial charge in [0.15, 0.2) is 6.10 Å². The Balaban J connectivity index is 1.88. The molecule has 1 aliphatic heterocycles. The van der Waals surface area contributed by atoms with E-state index in [-0.39, 0.29) is 30.7 Å². The number of para-hydroxylation sites is 2. The predicted molar refractivity (Wildman–Crippen MR) is 114 cm³/mol. The van der Waals surface area contributed by atoms with Crippen molar-refractivity contribution < 1.29 is 19.1 Å². The number of anilines is 1. The van der Waals surface area contributed by atoms with Gasteiger partial charge < -0.3 is 19.9 Å². The van der Waals surface area contributed by atoms with Crippen LogP contribution in [-0.2, 0) is 14.4 Å². The third-order valence-electron chi connectivity index (χ3n) is 5.03. The minimum Gasteiger partial charge on any atom is -0.476 e. The third-order valence-corrected chi connectivity index (χ3v) is 5.03. The fourth-order valence-corrected chi connectivity index (χ4v) is 3.47. The highest BCUT2D eigenvalue weighted by Gasteiger charge is 2.35. The second-order valence-electron chi connectivity index (χ2n) is 7.68. The number of hydrogen-bond acceptors (Lipinski definition) is 4. The van der Waals surface area contributed by atoms with Crippen LogP contribution >= 0.6 is 0 Å². The van der Waals surface area contributed by atoms with Gasteiger partial charge in [-0.15, -0.1) is 0 Å². The number of rotatable bonds is 5. The molecule has 0 unspecified atom stereocenters. The lowest BCUT2D eigenvalue weighted by molar-refractivity contribution is -0.136.